The number of benzene rings is 1. The summed E-state index contributed by atoms with van der Waals surface area (Å²) < 4.78 is 13.1. The van der Waals surface area contributed by atoms with Crippen LogP contribution in [0.4, 0.5) is 10.1 Å². The van der Waals surface area contributed by atoms with E-state index in [1.165, 1.54) is 12.1 Å². The third-order valence-electron chi connectivity index (χ3n) is 1.94. The van der Waals surface area contributed by atoms with Crippen molar-refractivity contribution in [3.05, 3.63) is 30.1 Å². The topological polar surface area (TPSA) is 49.3 Å². The van der Waals surface area contributed by atoms with Gasteiger partial charge in [0.2, 0.25) is 5.91 Å². The van der Waals surface area contributed by atoms with Crippen LogP contribution in [-0.2, 0) is 4.79 Å². The fourth-order valence-electron chi connectivity index (χ4n) is 1.12. The van der Waals surface area contributed by atoms with Gasteiger partial charge >= 0.3 is 0 Å². The molecule has 0 aliphatic carbocycles. The SMILES string of the molecule is CC(O)CCC(=O)Nc1ccccc1F. The van der Waals surface area contributed by atoms with Crippen LogP contribution in [0.25, 0.3) is 0 Å². The summed E-state index contributed by atoms with van der Waals surface area (Å²) in [6.07, 6.45) is 0.0445. The number of carbonyl (C=O) groups is 1. The number of carbonyl (C=O) groups excluding carboxylic acids is 1. The first-order valence-corrected chi connectivity index (χ1v) is 4.82. The Morgan fingerprint density at radius 1 is 1.53 bits per heavy atom. The van der Waals surface area contributed by atoms with Crippen molar-refractivity contribution in [3.8, 4) is 0 Å². The van der Waals surface area contributed by atoms with Crippen LogP contribution in [0.2, 0.25) is 0 Å². The van der Waals surface area contributed by atoms with E-state index in [1.54, 1.807) is 19.1 Å². The van der Waals surface area contributed by atoms with Crippen molar-refractivity contribution in [1.29, 1.82) is 0 Å². The van der Waals surface area contributed by atoms with Gasteiger partial charge in [0, 0.05) is 6.42 Å². The van der Waals surface area contributed by atoms with Crippen molar-refractivity contribution in [2.45, 2.75) is 25.9 Å². The minimum absolute atomic E-state index is 0.174. The van der Waals surface area contributed by atoms with E-state index in [1.807, 2.05) is 0 Å². The Morgan fingerprint density at radius 3 is 2.80 bits per heavy atom. The number of aliphatic hydroxyl groups excluding tert-OH is 1. The van der Waals surface area contributed by atoms with E-state index in [0.717, 1.165) is 0 Å². The van der Waals surface area contributed by atoms with Crippen molar-refractivity contribution in [2.75, 3.05) is 5.32 Å². The molecule has 0 heterocycles. The number of amides is 1. The molecule has 1 rings (SSSR count). The Bertz CT molecular complexity index is 339. The van der Waals surface area contributed by atoms with Crippen LogP contribution in [-0.4, -0.2) is 17.1 Å². The maximum absolute atomic E-state index is 13.1. The van der Waals surface area contributed by atoms with E-state index in [2.05, 4.69) is 5.32 Å². The van der Waals surface area contributed by atoms with Crippen LogP contribution in [0.5, 0.6) is 0 Å². The summed E-state index contributed by atoms with van der Waals surface area (Å²) in [5, 5.41) is 11.4. The lowest BCUT2D eigenvalue weighted by atomic mass is 10.2. The zero-order valence-electron chi connectivity index (χ0n) is 8.53. The van der Waals surface area contributed by atoms with Gasteiger partial charge in [0.15, 0.2) is 0 Å². The van der Waals surface area contributed by atoms with Crippen LogP contribution in [0.1, 0.15) is 19.8 Å². The molecule has 0 saturated heterocycles. The first-order valence-electron chi connectivity index (χ1n) is 4.82. The lowest BCUT2D eigenvalue weighted by molar-refractivity contribution is -0.116. The number of halogens is 1. The van der Waals surface area contributed by atoms with Gasteiger partial charge in [-0.2, -0.15) is 0 Å². The third kappa shape index (κ3) is 4.08. The standard InChI is InChI=1S/C11H14FNO2/c1-8(14)6-7-11(15)13-10-5-3-2-4-9(10)12/h2-5,8,14H,6-7H2,1H3,(H,13,15). The van der Waals surface area contributed by atoms with Gasteiger partial charge in [0.25, 0.3) is 0 Å². The van der Waals surface area contributed by atoms with Crippen LogP contribution in [0.3, 0.4) is 0 Å². The molecule has 0 saturated carbocycles. The Hall–Kier alpha value is -1.42. The number of aliphatic hydroxyl groups is 1. The highest BCUT2D eigenvalue weighted by molar-refractivity contribution is 5.90. The molecule has 82 valence electrons. The monoisotopic (exact) mass is 211 g/mol. The van der Waals surface area contributed by atoms with E-state index < -0.39 is 11.9 Å². The molecule has 0 fully saturated rings. The molecule has 2 N–H and O–H groups in total. The van der Waals surface area contributed by atoms with E-state index in [0.29, 0.717) is 6.42 Å². The van der Waals surface area contributed by atoms with E-state index in [4.69, 9.17) is 5.11 Å². The molecule has 1 atom stereocenters. The molecular formula is C11H14FNO2. The highest BCUT2D eigenvalue weighted by Gasteiger charge is 2.07. The Labute approximate surface area is 87.9 Å². The second kappa shape index (κ2) is 5.46. The molecule has 0 radical (unpaired) electrons. The zero-order valence-corrected chi connectivity index (χ0v) is 8.53. The average molecular weight is 211 g/mol. The molecule has 4 heteroatoms. The van der Waals surface area contributed by atoms with Crippen LogP contribution in [0, 0.1) is 5.82 Å². The second-order valence-electron chi connectivity index (χ2n) is 3.42. The van der Waals surface area contributed by atoms with E-state index >= 15 is 0 Å². The number of anilines is 1. The van der Waals surface area contributed by atoms with Crippen molar-refractivity contribution >= 4 is 11.6 Å². The Morgan fingerprint density at radius 2 is 2.20 bits per heavy atom. The van der Waals surface area contributed by atoms with Crippen LogP contribution >= 0.6 is 0 Å². The van der Waals surface area contributed by atoms with Crippen molar-refractivity contribution in [2.24, 2.45) is 0 Å². The van der Waals surface area contributed by atoms with Gasteiger partial charge in [-0.3, -0.25) is 4.79 Å². The molecule has 3 nitrogen and oxygen atoms in total. The van der Waals surface area contributed by atoms with E-state index in [-0.39, 0.29) is 18.0 Å². The van der Waals surface area contributed by atoms with Gasteiger partial charge in [-0.1, -0.05) is 12.1 Å². The van der Waals surface area contributed by atoms with Crippen molar-refractivity contribution in [1.82, 2.24) is 0 Å². The predicted octanol–water partition coefficient (Wildman–Crippen LogP) is 1.93. The first kappa shape index (κ1) is 11.7. The lowest BCUT2D eigenvalue weighted by Gasteiger charge is -2.06. The summed E-state index contributed by atoms with van der Waals surface area (Å²) in [6.45, 7) is 1.61. The number of rotatable bonds is 4. The molecule has 0 aliphatic heterocycles. The molecule has 1 aromatic carbocycles. The molecule has 1 amide bonds. The average Bonchev–Trinajstić information content (AvgIpc) is 2.18. The van der Waals surface area contributed by atoms with Gasteiger partial charge in [-0.25, -0.2) is 4.39 Å². The third-order valence-corrected chi connectivity index (χ3v) is 1.94. The highest BCUT2D eigenvalue weighted by Crippen LogP contribution is 2.12. The number of para-hydroxylation sites is 1. The van der Waals surface area contributed by atoms with Crippen molar-refractivity contribution < 1.29 is 14.3 Å². The quantitative estimate of drug-likeness (QED) is 0.799. The molecule has 0 aromatic heterocycles. The number of nitrogens with one attached hydrogen (secondary N) is 1. The van der Waals surface area contributed by atoms with E-state index in [9.17, 15) is 9.18 Å². The molecule has 1 aromatic rings. The maximum atomic E-state index is 13.1. The minimum Gasteiger partial charge on any atom is -0.393 e. The highest BCUT2D eigenvalue weighted by atomic mass is 19.1. The fourth-order valence-corrected chi connectivity index (χ4v) is 1.12. The zero-order chi connectivity index (χ0) is 11.3. The Balaban J connectivity index is 2.48. The van der Waals surface area contributed by atoms with Gasteiger partial charge in [-0.05, 0) is 25.5 Å². The van der Waals surface area contributed by atoms with Gasteiger partial charge < -0.3 is 10.4 Å². The summed E-state index contributed by atoms with van der Waals surface area (Å²) in [7, 11) is 0. The maximum Gasteiger partial charge on any atom is 0.224 e. The fraction of sp³-hybridized carbons (Fsp3) is 0.364. The van der Waals surface area contributed by atoms with Gasteiger partial charge in [-0.15, -0.1) is 0 Å². The van der Waals surface area contributed by atoms with Crippen molar-refractivity contribution in [3.63, 3.8) is 0 Å². The summed E-state index contributed by atoms with van der Waals surface area (Å²) in [6, 6.07) is 5.98. The number of hydrogen-bond acceptors (Lipinski definition) is 2. The number of hydrogen-bond donors (Lipinski definition) is 2. The molecular weight excluding hydrogens is 197 g/mol. The summed E-state index contributed by atoms with van der Waals surface area (Å²) in [5.74, 6) is -0.746. The first-order chi connectivity index (χ1) is 7.09. The van der Waals surface area contributed by atoms with Crippen LogP contribution < -0.4 is 5.32 Å². The smallest absolute Gasteiger partial charge is 0.224 e. The Kier molecular flexibility index (Phi) is 4.24. The predicted molar refractivity (Wildman–Crippen MR) is 55.9 cm³/mol. The second-order valence-corrected chi connectivity index (χ2v) is 3.42. The van der Waals surface area contributed by atoms with Crippen LogP contribution in [0.15, 0.2) is 24.3 Å². The molecule has 15 heavy (non-hydrogen) atoms. The normalized spacial score (nSPS) is 12.2. The summed E-state index contributed by atoms with van der Waals surface area (Å²) in [5.41, 5.74) is 0.174. The molecule has 0 bridgehead atoms. The minimum atomic E-state index is -0.517. The summed E-state index contributed by atoms with van der Waals surface area (Å²) >= 11 is 0. The molecule has 0 spiro atoms. The largest absolute Gasteiger partial charge is 0.393 e. The summed E-state index contributed by atoms with van der Waals surface area (Å²) in [4.78, 5) is 11.3. The van der Waals surface area contributed by atoms with Gasteiger partial charge in [0.05, 0.1) is 11.8 Å². The molecule has 1 unspecified atom stereocenters. The molecule has 0 aliphatic rings. The lowest BCUT2D eigenvalue weighted by Crippen LogP contribution is -2.14. The van der Waals surface area contributed by atoms with Gasteiger partial charge in [0.1, 0.15) is 5.82 Å².